The zero-order valence-electron chi connectivity index (χ0n) is 7.79. The topological polar surface area (TPSA) is 13.1 Å². The fourth-order valence-electron chi connectivity index (χ4n) is 0.967. The highest BCUT2D eigenvalue weighted by atomic mass is 16.3. The van der Waals surface area contributed by atoms with Crippen molar-refractivity contribution in [2.45, 2.75) is 20.8 Å². The van der Waals surface area contributed by atoms with E-state index in [0.717, 1.165) is 11.3 Å². The minimum absolute atomic E-state index is 0.995. The number of aryl methyl sites for hydroxylation is 1. The average molecular weight is 162 g/mol. The van der Waals surface area contributed by atoms with Gasteiger partial charge in [-0.3, -0.25) is 0 Å². The van der Waals surface area contributed by atoms with Gasteiger partial charge in [-0.1, -0.05) is 24.3 Å². The van der Waals surface area contributed by atoms with E-state index in [0.29, 0.717) is 0 Å². The van der Waals surface area contributed by atoms with Crippen molar-refractivity contribution in [3.8, 4) is 0 Å². The van der Waals surface area contributed by atoms with E-state index in [9.17, 15) is 0 Å². The van der Waals surface area contributed by atoms with Gasteiger partial charge in [0, 0.05) is 5.56 Å². The number of hydrogen-bond donors (Lipinski definition) is 0. The van der Waals surface area contributed by atoms with E-state index in [1.54, 1.807) is 6.26 Å². The van der Waals surface area contributed by atoms with Crippen molar-refractivity contribution >= 4 is 6.08 Å². The third kappa shape index (κ3) is 1.88. The fourth-order valence-corrected chi connectivity index (χ4v) is 0.967. The molecular weight excluding hydrogens is 148 g/mol. The predicted molar refractivity (Wildman–Crippen MR) is 52.0 cm³/mol. The Hall–Kier alpha value is -1.24. The average Bonchev–Trinajstić information content (AvgIpc) is 2.36. The van der Waals surface area contributed by atoms with Gasteiger partial charge in [0.1, 0.15) is 5.76 Å². The summed E-state index contributed by atoms with van der Waals surface area (Å²) in [5, 5.41) is 0. The van der Waals surface area contributed by atoms with Gasteiger partial charge >= 0.3 is 0 Å². The number of allylic oxidation sites excluding steroid dienone is 3. The van der Waals surface area contributed by atoms with Crippen LogP contribution in [0.5, 0.6) is 0 Å². The lowest BCUT2D eigenvalue weighted by Crippen LogP contribution is -1.72. The Morgan fingerprint density at radius 3 is 2.50 bits per heavy atom. The Kier molecular flexibility index (Phi) is 2.92. The van der Waals surface area contributed by atoms with Gasteiger partial charge < -0.3 is 4.42 Å². The van der Waals surface area contributed by atoms with Gasteiger partial charge in [0.2, 0.25) is 0 Å². The standard InChI is InChI=1S/C11H14O/c1-4-5-6-7-11-8-12-10(3)9(11)2/h4-8H,1-3H3/b5-4-,7-6-. The van der Waals surface area contributed by atoms with E-state index < -0.39 is 0 Å². The first-order chi connectivity index (χ1) is 5.75. The molecule has 0 atom stereocenters. The van der Waals surface area contributed by atoms with Crippen LogP contribution in [0.4, 0.5) is 0 Å². The van der Waals surface area contributed by atoms with Crippen molar-refractivity contribution in [3.63, 3.8) is 0 Å². The zero-order chi connectivity index (χ0) is 8.97. The predicted octanol–water partition coefficient (Wildman–Crippen LogP) is 3.49. The summed E-state index contributed by atoms with van der Waals surface area (Å²) >= 11 is 0. The first-order valence-corrected chi connectivity index (χ1v) is 4.09. The van der Waals surface area contributed by atoms with Crippen molar-refractivity contribution in [2.75, 3.05) is 0 Å². The molecule has 0 spiro atoms. The molecule has 0 fully saturated rings. The first kappa shape index (κ1) is 8.85. The van der Waals surface area contributed by atoms with Crippen LogP contribution >= 0.6 is 0 Å². The molecule has 0 aliphatic carbocycles. The van der Waals surface area contributed by atoms with Crippen molar-refractivity contribution < 1.29 is 4.42 Å². The second kappa shape index (κ2) is 3.96. The third-order valence-electron chi connectivity index (χ3n) is 1.90. The maximum absolute atomic E-state index is 5.25. The van der Waals surface area contributed by atoms with Crippen molar-refractivity contribution in [2.24, 2.45) is 0 Å². The van der Waals surface area contributed by atoms with Gasteiger partial charge in [-0.15, -0.1) is 0 Å². The molecule has 0 unspecified atom stereocenters. The SMILES string of the molecule is C/C=C\C=C/c1coc(C)c1C. The molecule has 1 aromatic heterocycles. The molecule has 0 radical (unpaired) electrons. The molecule has 0 amide bonds. The van der Waals surface area contributed by atoms with Crippen LogP contribution in [0.2, 0.25) is 0 Å². The van der Waals surface area contributed by atoms with Crippen LogP contribution in [-0.4, -0.2) is 0 Å². The zero-order valence-corrected chi connectivity index (χ0v) is 7.79. The molecule has 1 heterocycles. The highest BCUT2D eigenvalue weighted by molar-refractivity contribution is 5.54. The second-order valence-electron chi connectivity index (χ2n) is 2.76. The molecule has 1 aromatic rings. The molecule has 64 valence electrons. The van der Waals surface area contributed by atoms with Gasteiger partial charge in [0.05, 0.1) is 6.26 Å². The summed E-state index contributed by atoms with van der Waals surface area (Å²) in [7, 11) is 0. The van der Waals surface area contributed by atoms with Crippen LogP contribution in [0, 0.1) is 13.8 Å². The van der Waals surface area contributed by atoms with E-state index >= 15 is 0 Å². The lowest BCUT2D eigenvalue weighted by Gasteiger charge is -1.87. The Bertz CT molecular complexity index is 303. The van der Waals surface area contributed by atoms with Crippen molar-refractivity contribution in [3.05, 3.63) is 41.4 Å². The van der Waals surface area contributed by atoms with E-state index in [1.165, 1.54) is 5.56 Å². The van der Waals surface area contributed by atoms with Crippen LogP contribution in [0.25, 0.3) is 6.08 Å². The summed E-state index contributed by atoms with van der Waals surface area (Å²) < 4.78 is 5.25. The lowest BCUT2D eigenvalue weighted by molar-refractivity contribution is 0.531. The summed E-state index contributed by atoms with van der Waals surface area (Å²) in [6, 6.07) is 0. The monoisotopic (exact) mass is 162 g/mol. The highest BCUT2D eigenvalue weighted by Gasteiger charge is 2.00. The fraction of sp³-hybridized carbons (Fsp3) is 0.273. The molecule has 1 nitrogen and oxygen atoms in total. The van der Waals surface area contributed by atoms with Gasteiger partial charge in [0.15, 0.2) is 0 Å². The molecule has 12 heavy (non-hydrogen) atoms. The third-order valence-corrected chi connectivity index (χ3v) is 1.90. The van der Waals surface area contributed by atoms with E-state index in [1.807, 2.05) is 38.2 Å². The summed E-state index contributed by atoms with van der Waals surface area (Å²) in [6.07, 6.45) is 9.84. The lowest BCUT2D eigenvalue weighted by atomic mass is 10.1. The molecule has 0 saturated carbocycles. The highest BCUT2D eigenvalue weighted by Crippen LogP contribution is 2.16. The van der Waals surface area contributed by atoms with Crippen LogP contribution in [0.1, 0.15) is 23.8 Å². The van der Waals surface area contributed by atoms with Crippen LogP contribution in [0.15, 0.2) is 28.9 Å². The first-order valence-electron chi connectivity index (χ1n) is 4.09. The minimum Gasteiger partial charge on any atom is -0.469 e. The molecule has 0 N–H and O–H groups in total. The van der Waals surface area contributed by atoms with Crippen LogP contribution in [-0.2, 0) is 0 Å². The molecule has 0 bridgehead atoms. The molecule has 1 heteroatoms. The maximum atomic E-state index is 5.25. The molecule has 0 aromatic carbocycles. The second-order valence-corrected chi connectivity index (χ2v) is 2.76. The summed E-state index contributed by atoms with van der Waals surface area (Å²) in [6.45, 7) is 6.04. The maximum Gasteiger partial charge on any atom is 0.104 e. The normalized spacial score (nSPS) is 11.9. The van der Waals surface area contributed by atoms with Crippen molar-refractivity contribution in [1.29, 1.82) is 0 Å². The Morgan fingerprint density at radius 1 is 1.25 bits per heavy atom. The largest absolute Gasteiger partial charge is 0.469 e. The summed E-state index contributed by atoms with van der Waals surface area (Å²) in [5.41, 5.74) is 2.38. The van der Waals surface area contributed by atoms with Gasteiger partial charge in [-0.2, -0.15) is 0 Å². The molecule has 0 aliphatic heterocycles. The molecule has 1 rings (SSSR count). The number of rotatable bonds is 2. The van der Waals surface area contributed by atoms with Crippen LogP contribution in [0.3, 0.4) is 0 Å². The quantitative estimate of drug-likeness (QED) is 0.607. The summed E-state index contributed by atoms with van der Waals surface area (Å²) in [4.78, 5) is 0. The van der Waals surface area contributed by atoms with Gasteiger partial charge in [0.25, 0.3) is 0 Å². The van der Waals surface area contributed by atoms with Crippen molar-refractivity contribution in [1.82, 2.24) is 0 Å². The number of hydrogen-bond acceptors (Lipinski definition) is 1. The minimum atomic E-state index is 0.995. The Labute approximate surface area is 73.4 Å². The molecule has 0 saturated heterocycles. The Balaban J connectivity index is 2.82. The molecular formula is C11H14O. The Morgan fingerprint density at radius 2 is 2.00 bits per heavy atom. The smallest absolute Gasteiger partial charge is 0.104 e. The number of furan rings is 1. The summed E-state index contributed by atoms with van der Waals surface area (Å²) in [5.74, 6) is 0.995. The van der Waals surface area contributed by atoms with Crippen LogP contribution < -0.4 is 0 Å². The van der Waals surface area contributed by atoms with E-state index in [-0.39, 0.29) is 0 Å². The van der Waals surface area contributed by atoms with E-state index in [2.05, 4.69) is 6.92 Å². The molecule has 0 aliphatic rings. The van der Waals surface area contributed by atoms with E-state index in [4.69, 9.17) is 4.42 Å². The van der Waals surface area contributed by atoms with Gasteiger partial charge in [-0.25, -0.2) is 0 Å². The van der Waals surface area contributed by atoms with Gasteiger partial charge in [-0.05, 0) is 26.3 Å².